The topological polar surface area (TPSA) is 85.4 Å². The maximum absolute atomic E-state index is 12.2. The van der Waals surface area contributed by atoms with Gasteiger partial charge in [-0.3, -0.25) is 14.9 Å². The Morgan fingerprint density at radius 2 is 2.05 bits per heavy atom. The van der Waals surface area contributed by atoms with E-state index in [-0.39, 0.29) is 23.9 Å². The molecule has 2 rings (SSSR count). The molecule has 1 heterocycles. The van der Waals surface area contributed by atoms with Crippen LogP contribution in [-0.4, -0.2) is 21.2 Å². The smallest absolute Gasteiger partial charge is 0.280 e. The van der Waals surface area contributed by atoms with E-state index < -0.39 is 4.92 Å². The average molecular weight is 262 g/mol. The van der Waals surface area contributed by atoms with Crippen molar-refractivity contribution in [1.29, 1.82) is 0 Å². The van der Waals surface area contributed by atoms with Gasteiger partial charge < -0.3 is 9.67 Å². The second-order valence-electron chi connectivity index (χ2n) is 4.51. The molecule has 0 fully saturated rings. The fraction of sp³-hybridized carbons (Fsp3) is 0.308. The van der Waals surface area contributed by atoms with Crippen LogP contribution >= 0.6 is 0 Å². The summed E-state index contributed by atoms with van der Waals surface area (Å²) in [7, 11) is 0. The molecule has 2 aromatic rings. The van der Waals surface area contributed by atoms with Crippen LogP contribution in [0.2, 0.25) is 0 Å². The Balaban J connectivity index is 2.83. The summed E-state index contributed by atoms with van der Waals surface area (Å²) in [6.45, 7) is 3.18. The van der Waals surface area contributed by atoms with Crippen molar-refractivity contribution in [2.75, 3.05) is 6.61 Å². The number of aromatic nitrogens is 1. The maximum Gasteiger partial charge on any atom is 0.280 e. The third-order valence-electron chi connectivity index (χ3n) is 3.21. The number of aliphatic hydroxyl groups is 1. The minimum atomic E-state index is -0.475. The Labute approximate surface area is 109 Å². The van der Waals surface area contributed by atoms with E-state index in [1.807, 2.05) is 0 Å². The molecule has 1 atom stereocenters. The Hall–Kier alpha value is -2.21. The van der Waals surface area contributed by atoms with Crippen LogP contribution in [0.5, 0.6) is 0 Å². The molecular weight excluding hydrogens is 248 g/mol. The molecule has 0 unspecified atom stereocenters. The molecule has 0 aliphatic carbocycles. The summed E-state index contributed by atoms with van der Waals surface area (Å²) in [5.41, 5.74) is 0.144. The van der Waals surface area contributed by atoms with Gasteiger partial charge in [0.25, 0.3) is 11.2 Å². The number of pyridine rings is 1. The zero-order valence-corrected chi connectivity index (χ0v) is 10.7. The SMILES string of the molecule is Cc1ccc2c(=O)n([C@H](C)CO)ccc2c1[N+](=O)[O-]. The number of nitrogens with zero attached hydrogens (tertiary/aromatic N) is 2. The van der Waals surface area contributed by atoms with E-state index in [2.05, 4.69) is 0 Å². The highest BCUT2D eigenvalue weighted by Crippen LogP contribution is 2.27. The van der Waals surface area contributed by atoms with Gasteiger partial charge in [-0.1, -0.05) is 6.07 Å². The van der Waals surface area contributed by atoms with E-state index in [4.69, 9.17) is 5.11 Å². The highest BCUT2D eigenvalue weighted by molar-refractivity contribution is 5.91. The molecule has 19 heavy (non-hydrogen) atoms. The zero-order valence-electron chi connectivity index (χ0n) is 10.7. The zero-order chi connectivity index (χ0) is 14.2. The number of nitro benzene ring substituents is 1. The highest BCUT2D eigenvalue weighted by Gasteiger charge is 2.18. The van der Waals surface area contributed by atoms with Crippen molar-refractivity contribution in [2.45, 2.75) is 19.9 Å². The number of aryl methyl sites for hydroxylation is 1. The van der Waals surface area contributed by atoms with Crippen molar-refractivity contribution < 1.29 is 10.0 Å². The van der Waals surface area contributed by atoms with Crippen molar-refractivity contribution in [1.82, 2.24) is 4.57 Å². The molecule has 6 heteroatoms. The molecule has 6 nitrogen and oxygen atoms in total. The molecule has 1 N–H and O–H groups in total. The van der Waals surface area contributed by atoms with Crippen LogP contribution in [-0.2, 0) is 0 Å². The lowest BCUT2D eigenvalue weighted by Crippen LogP contribution is -2.24. The Morgan fingerprint density at radius 3 is 2.63 bits per heavy atom. The second-order valence-corrected chi connectivity index (χ2v) is 4.51. The van der Waals surface area contributed by atoms with Crippen LogP contribution in [0.25, 0.3) is 10.8 Å². The normalized spacial score (nSPS) is 12.6. The predicted octanol–water partition coefficient (Wildman–Crippen LogP) is 1.77. The second kappa shape index (κ2) is 4.81. The summed E-state index contributed by atoms with van der Waals surface area (Å²) < 4.78 is 1.38. The summed E-state index contributed by atoms with van der Waals surface area (Å²) in [5.74, 6) is 0. The van der Waals surface area contributed by atoms with Crippen LogP contribution in [0.1, 0.15) is 18.5 Å². The van der Waals surface area contributed by atoms with Crippen molar-refractivity contribution in [3.05, 3.63) is 50.4 Å². The van der Waals surface area contributed by atoms with E-state index >= 15 is 0 Å². The molecule has 0 aliphatic rings. The number of rotatable bonds is 3. The largest absolute Gasteiger partial charge is 0.394 e. The summed E-state index contributed by atoms with van der Waals surface area (Å²) >= 11 is 0. The summed E-state index contributed by atoms with van der Waals surface area (Å²) in [4.78, 5) is 22.8. The molecule has 0 aliphatic heterocycles. The van der Waals surface area contributed by atoms with Crippen LogP contribution in [0, 0.1) is 17.0 Å². The van der Waals surface area contributed by atoms with Gasteiger partial charge in [0.1, 0.15) is 0 Å². The van der Waals surface area contributed by atoms with E-state index in [1.165, 1.54) is 10.8 Å². The van der Waals surface area contributed by atoms with Crippen molar-refractivity contribution >= 4 is 16.5 Å². The van der Waals surface area contributed by atoms with Gasteiger partial charge in [-0.05, 0) is 26.0 Å². The number of hydrogen-bond acceptors (Lipinski definition) is 4. The monoisotopic (exact) mass is 262 g/mol. The molecule has 1 aromatic carbocycles. The number of hydrogen-bond donors (Lipinski definition) is 1. The van der Waals surface area contributed by atoms with Gasteiger partial charge in [0, 0.05) is 11.8 Å². The summed E-state index contributed by atoms with van der Waals surface area (Å²) in [6.07, 6.45) is 1.48. The van der Waals surface area contributed by atoms with E-state index in [0.717, 1.165) is 0 Å². The first-order valence-corrected chi connectivity index (χ1v) is 5.87. The van der Waals surface area contributed by atoms with Gasteiger partial charge in [-0.15, -0.1) is 0 Å². The van der Waals surface area contributed by atoms with Gasteiger partial charge in [0.2, 0.25) is 0 Å². The molecule has 0 saturated heterocycles. The molecule has 0 spiro atoms. The van der Waals surface area contributed by atoms with Gasteiger partial charge in [-0.25, -0.2) is 0 Å². The van der Waals surface area contributed by atoms with Gasteiger partial charge in [-0.2, -0.15) is 0 Å². The fourth-order valence-electron chi connectivity index (χ4n) is 2.11. The van der Waals surface area contributed by atoms with E-state index in [1.54, 1.807) is 32.0 Å². The summed E-state index contributed by atoms with van der Waals surface area (Å²) in [6, 6.07) is 4.34. The van der Waals surface area contributed by atoms with Crippen molar-refractivity contribution in [3.8, 4) is 0 Å². The minimum Gasteiger partial charge on any atom is -0.394 e. The molecule has 0 amide bonds. The van der Waals surface area contributed by atoms with Crippen LogP contribution in [0.4, 0.5) is 5.69 Å². The minimum absolute atomic E-state index is 0.0431. The lowest BCUT2D eigenvalue weighted by molar-refractivity contribution is -0.383. The predicted molar refractivity (Wildman–Crippen MR) is 71.4 cm³/mol. The number of aliphatic hydroxyl groups excluding tert-OH is 1. The van der Waals surface area contributed by atoms with Crippen LogP contribution < -0.4 is 5.56 Å². The lowest BCUT2D eigenvalue weighted by Gasteiger charge is -2.13. The van der Waals surface area contributed by atoms with E-state index in [9.17, 15) is 14.9 Å². The first-order chi connectivity index (χ1) is 8.97. The Bertz CT molecular complexity index is 706. The Kier molecular flexibility index (Phi) is 3.35. The average Bonchev–Trinajstić information content (AvgIpc) is 2.37. The fourth-order valence-corrected chi connectivity index (χ4v) is 2.11. The van der Waals surface area contributed by atoms with Crippen molar-refractivity contribution in [3.63, 3.8) is 0 Å². The molecule has 0 bridgehead atoms. The lowest BCUT2D eigenvalue weighted by atomic mass is 10.1. The molecule has 0 saturated carbocycles. The van der Waals surface area contributed by atoms with Gasteiger partial charge in [0.05, 0.1) is 28.3 Å². The first kappa shape index (κ1) is 13.2. The molecule has 0 radical (unpaired) electrons. The standard InChI is InChI=1S/C13H14N2O4/c1-8-3-4-11-10(12(8)15(18)19)5-6-14(13(11)17)9(2)7-16/h3-6,9,16H,7H2,1-2H3/t9-/m1/s1. The maximum atomic E-state index is 12.2. The van der Waals surface area contributed by atoms with E-state index in [0.29, 0.717) is 16.3 Å². The quantitative estimate of drug-likeness (QED) is 0.674. The Morgan fingerprint density at radius 1 is 1.37 bits per heavy atom. The molecule has 1 aromatic heterocycles. The van der Waals surface area contributed by atoms with Crippen LogP contribution in [0.15, 0.2) is 29.2 Å². The number of nitro groups is 1. The van der Waals surface area contributed by atoms with Crippen molar-refractivity contribution in [2.24, 2.45) is 0 Å². The third-order valence-corrected chi connectivity index (χ3v) is 3.21. The highest BCUT2D eigenvalue weighted by atomic mass is 16.6. The molecule has 100 valence electrons. The number of benzene rings is 1. The first-order valence-electron chi connectivity index (χ1n) is 5.87. The van der Waals surface area contributed by atoms with Crippen LogP contribution in [0.3, 0.4) is 0 Å². The number of fused-ring (bicyclic) bond motifs is 1. The van der Waals surface area contributed by atoms with Gasteiger partial charge in [0.15, 0.2) is 0 Å². The third kappa shape index (κ3) is 2.10. The summed E-state index contributed by atoms with van der Waals surface area (Å²) in [5, 5.41) is 20.8. The van der Waals surface area contributed by atoms with Gasteiger partial charge >= 0.3 is 0 Å². The molecular formula is C13H14N2O4.